The van der Waals surface area contributed by atoms with Crippen molar-refractivity contribution in [2.45, 2.75) is 114 Å². The van der Waals surface area contributed by atoms with Crippen LogP contribution in [0.3, 0.4) is 0 Å². The highest BCUT2D eigenvalue weighted by Gasteiger charge is 2.34. The number of carbonyl (C=O) groups excluding carboxylic acids is 7. The minimum Gasteiger partial charge on any atom is -0.480 e. The summed E-state index contributed by atoms with van der Waals surface area (Å²) in [6, 6.07) is -10.1. The molecule has 27 nitrogen and oxygen atoms in total. The van der Waals surface area contributed by atoms with Gasteiger partial charge in [-0.3, -0.25) is 43.5 Å². The Morgan fingerprint density at radius 2 is 1.02 bits per heavy atom. The van der Waals surface area contributed by atoms with E-state index in [4.69, 9.17) is 34.4 Å². The zero-order valence-electron chi connectivity index (χ0n) is 35.3. The van der Waals surface area contributed by atoms with Crippen molar-refractivity contribution >= 4 is 59.2 Å². The lowest BCUT2D eigenvalue weighted by Crippen LogP contribution is -2.61. The van der Waals surface area contributed by atoms with Crippen molar-refractivity contribution in [3.8, 4) is 0 Å². The number of amides is 7. The van der Waals surface area contributed by atoms with Crippen LogP contribution in [-0.2, 0) is 38.4 Å². The fourth-order valence-electron chi connectivity index (χ4n) is 5.35. The summed E-state index contributed by atoms with van der Waals surface area (Å²) in [7, 11) is 0. The second-order valence-electron chi connectivity index (χ2n) is 14.5. The van der Waals surface area contributed by atoms with E-state index in [0.29, 0.717) is 19.3 Å². The lowest BCUT2D eigenvalue weighted by molar-refractivity contribution is -0.143. The summed E-state index contributed by atoms with van der Waals surface area (Å²) in [6.07, 6.45) is -0.317. The van der Waals surface area contributed by atoms with Crippen molar-refractivity contribution in [2.75, 3.05) is 39.4 Å². The molecule has 7 amide bonds. The van der Waals surface area contributed by atoms with Crippen LogP contribution in [0.15, 0.2) is 9.98 Å². The number of carbonyl (C=O) groups is 8. The Balaban J connectivity index is 6.01. The zero-order chi connectivity index (χ0) is 47.5. The second-order valence-corrected chi connectivity index (χ2v) is 14.5. The number of aliphatic hydroxyl groups is 3. The normalized spacial score (nSPS) is 14.8. The molecule has 0 saturated heterocycles. The van der Waals surface area contributed by atoms with Crippen molar-refractivity contribution in [1.29, 1.82) is 0 Å². The number of carboxylic acids is 1. The smallest absolute Gasteiger partial charge is 0.326 e. The molecule has 8 unspecified atom stereocenters. The molecule has 62 heavy (non-hydrogen) atoms. The highest BCUT2D eigenvalue weighted by Crippen LogP contribution is 2.08. The van der Waals surface area contributed by atoms with Crippen LogP contribution in [-0.4, -0.2) is 167 Å². The predicted octanol–water partition coefficient (Wildman–Crippen LogP) is -8.32. The van der Waals surface area contributed by atoms with Crippen LogP contribution in [0.25, 0.3) is 0 Å². The van der Waals surface area contributed by atoms with Gasteiger partial charge >= 0.3 is 5.97 Å². The summed E-state index contributed by atoms with van der Waals surface area (Å²) in [5, 5.41) is 55.5. The van der Waals surface area contributed by atoms with E-state index in [0.717, 1.165) is 0 Å². The van der Waals surface area contributed by atoms with E-state index >= 15 is 0 Å². The van der Waals surface area contributed by atoms with E-state index in [1.165, 1.54) is 20.8 Å². The van der Waals surface area contributed by atoms with Gasteiger partial charge in [0.2, 0.25) is 41.4 Å². The molecule has 0 spiro atoms. The van der Waals surface area contributed by atoms with Gasteiger partial charge in [-0.05, 0) is 64.3 Å². The molecule has 27 heteroatoms. The average Bonchev–Trinajstić information content (AvgIpc) is 3.20. The maximum Gasteiger partial charge on any atom is 0.326 e. The summed E-state index contributed by atoms with van der Waals surface area (Å²) in [4.78, 5) is 111. The van der Waals surface area contributed by atoms with Gasteiger partial charge in [0, 0.05) is 13.1 Å². The molecule has 354 valence electrons. The number of carboxylic acid groups (broad SMARTS) is 1. The molecule has 0 aromatic rings. The lowest BCUT2D eigenvalue weighted by Gasteiger charge is -2.27. The van der Waals surface area contributed by atoms with Crippen molar-refractivity contribution in [3.05, 3.63) is 0 Å². The van der Waals surface area contributed by atoms with Crippen LogP contribution < -0.4 is 71.6 Å². The fourth-order valence-corrected chi connectivity index (χ4v) is 5.35. The molecule has 0 aromatic heterocycles. The van der Waals surface area contributed by atoms with Gasteiger partial charge in [-0.1, -0.05) is 13.8 Å². The predicted molar refractivity (Wildman–Crippen MR) is 224 cm³/mol. The maximum atomic E-state index is 13.7. The highest BCUT2D eigenvalue weighted by molar-refractivity contribution is 5.97. The Labute approximate surface area is 358 Å². The molecule has 0 aliphatic heterocycles. The van der Waals surface area contributed by atoms with E-state index in [1.54, 1.807) is 0 Å². The van der Waals surface area contributed by atoms with E-state index in [2.05, 4.69) is 47.2 Å². The van der Waals surface area contributed by atoms with E-state index in [9.17, 15) is 58.8 Å². The van der Waals surface area contributed by atoms with Gasteiger partial charge in [-0.25, -0.2) is 4.79 Å². The van der Waals surface area contributed by atoms with E-state index in [1.807, 2.05) is 0 Å². The van der Waals surface area contributed by atoms with Crippen LogP contribution in [0.4, 0.5) is 0 Å². The third-order valence-corrected chi connectivity index (χ3v) is 8.83. The SMILES string of the molecule is CC(C)C(NC(=O)C(CO)NC(=O)CNC(=O)C(CO)NC(=O)C(CCCN=C(N)N)NC(=O)C(CCCCN)NC(=O)C(NC(=O)C(N)CCCN=C(N)N)C(C)O)C(=O)O. The number of aliphatic carboxylic acids is 1. The number of guanidine groups is 2. The van der Waals surface area contributed by atoms with Crippen LogP contribution in [0.1, 0.15) is 65.7 Å². The largest absolute Gasteiger partial charge is 0.480 e. The summed E-state index contributed by atoms with van der Waals surface area (Å²) < 4.78 is 0. The third kappa shape index (κ3) is 22.6. The van der Waals surface area contributed by atoms with Gasteiger partial charge < -0.3 is 92.0 Å². The number of nitrogens with two attached hydrogens (primary N) is 6. The molecular formula is C35H67N15O12. The Morgan fingerprint density at radius 1 is 0.565 bits per heavy atom. The number of nitrogens with one attached hydrogen (secondary N) is 7. The molecule has 0 aromatic carbocycles. The number of aliphatic imine (C=N–C) groups is 2. The van der Waals surface area contributed by atoms with E-state index in [-0.39, 0.29) is 57.2 Å². The average molecular weight is 890 g/mol. The number of hydrogen-bond acceptors (Lipinski definition) is 15. The topological polar surface area (TPSA) is 483 Å². The lowest BCUT2D eigenvalue weighted by atomic mass is 10.0. The number of aliphatic hydroxyl groups excluding tert-OH is 3. The molecule has 0 aliphatic carbocycles. The van der Waals surface area contributed by atoms with Crippen LogP contribution in [0.2, 0.25) is 0 Å². The van der Waals surface area contributed by atoms with Gasteiger partial charge in [0.1, 0.15) is 36.3 Å². The molecule has 23 N–H and O–H groups in total. The molecular weight excluding hydrogens is 822 g/mol. The maximum absolute atomic E-state index is 13.7. The van der Waals surface area contributed by atoms with Crippen LogP contribution in [0.5, 0.6) is 0 Å². The Morgan fingerprint density at radius 3 is 1.48 bits per heavy atom. The first kappa shape index (κ1) is 56.1. The molecule has 8 atom stereocenters. The summed E-state index contributed by atoms with van der Waals surface area (Å²) in [5.41, 5.74) is 32.9. The molecule has 0 fully saturated rings. The number of rotatable bonds is 31. The molecule has 0 aliphatic rings. The zero-order valence-corrected chi connectivity index (χ0v) is 35.3. The number of nitrogens with zero attached hydrogens (tertiary/aromatic N) is 2. The van der Waals surface area contributed by atoms with Gasteiger partial charge in [0.05, 0.1) is 31.9 Å². The standard InChI is InChI=1S/C35H67N15O12/c1-17(2)25(33(61)62)49-31(59)23(16-52)45-24(54)14-44-28(56)22(15-51)48-30(58)21(10-7-13-43-35(40)41)46-29(57)20(9-4-5-11-36)47-32(60)26(18(3)53)50-27(55)19(37)8-6-12-42-34(38)39/h17-23,25-26,51-53H,4-16,36-37H2,1-3H3,(H,44,56)(H,45,54)(H,46,57)(H,47,60)(H,48,58)(H,49,59)(H,50,55)(H,61,62)(H4,38,39,42)(H4,40,41,43). The van der Waals surface area contributed by atoms with Gasteiger partial charge in [-0.2, -0.15) is 0 Å². The second kappa shape index (κ2) is 30.2. The van der Waals surface area contributed by atoms with E-state index < -0.39 is 121 Å². The first-order valence-electron chi connectivity index (χ1n) is 19.9. The van der Waals surface area contributed by atoms with Crippen molar-refractivity contribution < 1.29 is 58.8 Å². The van der Waals surface area contributed by atoms with Crippen LogP contribution in [0, 0.1) is 5.92 Å². The third-order valence-electron chi connectivity index (χ3n) is 8.83. The minimum atomic E-state index is -1.69. The molecule has 0 radical (unpaired) electrons. The van der Waals surface area contributed by atoms with Crippen molar-refractivity contribution in [2.24, 2.45) is 50.3 Å². The fraction of sp³-hybridized carbons (Fsp3) is 0.714. The van der Waals surface area contributed by atoms with Gasteiger partial charge in [0.25, 0.3) is 0 Å². The summed E-state index contributed by atoms with van der Waals surface area (Å²) in [5.74, 6) is -8.99. The quantitative estimate of drug-likeness (QED) is 0.0175. The monoisotopic (exact) mass is 890 g/mol. The minimum absolute atomic E-state index is 0.00512. The first-order chi connectivity index (χ1) is 29.1. The Bertz CT molecular complexity index is 1540. The summed E-state index contributed by atoms with van der Waals surface area (Å²) >= 11 is 0. The Kier molecular flexibility index (Phi) is 27.3. The van der Waals surface area contributed by atoms with Gasteiger partial charge in [-0.15, -0.1) is 0 Å². The number of hydrogen-bond donors (Lipinski definition) is 17. The van der Waals surface area contributed by atoms with Crippen LogP contribution >= 0.6 is 0 Å². The molecule has 0 bridgehead atoms. The Hall–Kier alpha value is -5.90. The van der Waals surface area contributed by atoms with Crippen molar-refractivity contribution in [3.63, 3.8) is 0 Å². The molecule has 0 heterocycles. The molecule has 0 rings (SSSR count). The first-order valence-corrected chi connectivity index (χ1v) is 19.9. The summed E-state index contributed by atoms with van der Waals surface area (Å²) in [6.45, 7) is 1.99. The highest BCUT2D eigenvalue weighted by atomic mass is 16.4. The van der Waals surface area contributed by atoms with Gasteiger partial charge in [0.15, 0.2) is 11.9 Å². The molecule has 0 saturated carbocycles. The number of unbranched alkanes of at least 4 members (excludes halogenated alkanes) is 1. The van der Waals surface area contributed by atoms with Crippen molar-refractivity contribution in [1.82, 2.24) is 37.2 Å².